The maximum absolute atomic E-state index is 2.34. The minimum absolute atomic E-state index is 0.268. The van der Waals surface area contributed by atoms with Crippen molar-refractivity contribution in [1.29, 1.82) is 0 Å². The van der Waals surface area contributed by atoms with E-state index in [1.807, 2.05) is 0 Å². The van der Waals surface area contributed by atoms with Gasteiger partial charge in [-0.2, -0.15) is 0 Å². The summed E-state index contributed by atoms with van der Waals surface area (Å²) in [4.78, 5) is 0. The predicted molar refractivity (Wildman–Crippen MR) is 99.8 cm³/mol. The lowest BCUT2D eigenvalue weighted by atomic mass is 9.85. The van der Waals surface area contributed by atoms with E-state index in [0.29, 0.717) is 0 Å². The van der Waals surface area contributed by atoms with E-state index in [1.165, 1.54) is 22.4 Å². The van der Waals surface area contributed by atoms with Crippen LogP contribution in [0.15, 0.2) is 84.9 Å². The van der Waals surface area contributed by atoms with Gasteiger partial charge in [0.1, 0.15) is 5.69 Å². The Bertz CT molecular complexity index is 715. The fourth-order valence-electron chi connectivity index (χ4n) is 2.99. The second-order valence-electron chi connectivity index (χ2n) is 6.86. The molecule has 3 rings (SSSR count). The summed E-state index contributed by atoms with van der Waals surface area (Å²) < 4.78 is 0.824. The molecule has 1 heteroatoms. The fourth-order valence-corrected chi connectivity index (χ4v) is 2.99. The summed E-state index contributed by atoms with van der Waals surface area (Å²) in [5.41, 5.74) is 5.32. The molecule has 0 bridgehead atoms. The molecule has 3 aromatic carbocycles. The van der Waals surface area contributed by atoms with E-state index < -0.39 is 0 Å². The summed E-state index contributed by atoms with van der Waals surface area (Å²) in [6, 6.07) is 30.5. The van der Waals surface area contributed by atoms with Gasteiger partial charge in [-0.05, 0) is 22.8 Å². The molecule has 0 aliphatic carbocycles. The van der Waals surface area contributed by atoms with E-state index in [-0.39, 0.29) is 5.92 Å². The maximum atomic E-state index is 2.34. The molecule has 0 N–H and O–H groups in total. The van der Waals surface area contributed by atoms with Gasteiger partial charge in [0.05, 0.1) is 21.1 Å². The average Bonchev–Trinajstić information content (AvgIpc) is 2.57. The number of nitrogens with zero attached hydrogens (tertiary/aromatic N) is 1. The van der Waals surface area contributed by atoms with Crippen molar-refractivity contribution in [3.8, 4) is 0 Å². The van der Waals surface area contributed by atoms with Gasteiger partial charge >= 0.3 is 0 Å². The molecule has 0 radical (unpaired) electrons. The topological polar surface area (TPSA) is 0 Å². The first kappa shape index (κ1) is 15.5. The van der Waals surface area contributed by atoms with Gasteiger partial charge in [-0.15, -0.1) is 0 Å². The molecule has 23 heavy (non-hydrogen) atoms. The third-order valence-corrected chi connectivity index (χ3v) is 4.24. The molecule has 0 fully saturated rings. The minimum Gasteiger partial charge on any atom is -0.298 e. The Hall–Kier alpha value is -2.38. The van der Waals surface area contributed by atoms with Gasteiger partial charge in [0, 0.05) is 12.0 Å². The number of quaternary nitrogens is 1. The van der Waals surface area contributed by atoms with Crippen molar-refractivity contribution >= 4 is 5.69 Å². The third-order valence-electron chi connectivity index (χ3n) is 4.24. The Morgan fingerprint density at radius 1 is 0.565 bits per heavy atom. The van der Waals surface area contributed by atoms with Crippen molar-refractivity contribution in [1.82, 2.24) is 4.48 Å². The third kappa shape index (κ3) is 3.52. The van der Waals surface area contributed by atoms with Crippen molar-refractivity contribution in [2.75, 3.05) is 21.1 Å². The zero-order valence-electron chi connectivity index (χ0n) is 14.1. The summed E-state index contributed by atoms with van der Waals surface area (Å²) in [6.45, 7) is 0. The molecule has 3 aromatic rings. The van der Waals surface area contributed by atoms with Crippen molar-refractivity contribution in [3.63, 3.8) is 0 Å². The highest BCUT2D eigenvalue weighted by Crippen LogP contribution is 2.33. The second kappa shape index (κ2) is 6.39. The molecular formula is C22H24N+. The molecule has 0 heterocycles. The largest absolute Gasteiger partial charge is 0.298 e. The van der Waals surface area contributed by atoms with Gasteiger partial charge in [0.2, 0.25) is 0 Å². The van der Waals surface area contributed by atoms with Crippen LogP contribution in [0.1, 0.15) is 22.6 Å². The zero-order chi connectivity index (χ0) is 16.3. The highest BCUT2D eigenvalue weighted by molar-refractivity contribution is 5.50. The SMILES string of the molecule is C[N+](C)(C)c1cccc(C(c2ccccc2)c2ccccc2)c1. The van der Waals surface area contributed by atoms with E-state index >= 15 is 0 Å². The summed E-state index contributed by atoms with van der Waals surface area (Å²) in [5, 5.41) is 0. The number of hydrogen-bond donors (Lipinski definition) is 0. The van der Waals surface area contributed by atoms with Crippen molar-refractivity contribution < 1.29 is 0 Å². The van der Waals surface area contributed by atoms with Gasteiger partial charge in [0.25, 0.3) is 0 Å². The van der Waals surface area contributed by atoms with Crippen LogP contribution in [0, 0.1) is 0 Å². The van der Waals surface area contributed by atoms with Gasteiger partial charge in [-0.1, -0.05) is 72.8 Å². The molecule has 116 valence electrons. The normalized spacial score (nSPS) is 11.7. The first-order valence-electron chi connectivity index (χ1n) is 8.07. The number of hydrogen-bond acceptors (Lipinski definition) is 0. The Balaban J connectivity index is 2.14. The van der Waals surface area contributed by atoms with E-state index in [1.54, 1.807) is 0 Å². The van der Waals surface area contributed by atoms with E-state index in [2.05, 4.69) is 106 Å². The highest BCUT2D eigenvalue weighted by atomic mass is 15.3. The van der Waals surface area contributed by atoms with Crippen LogP contribution in [0.2, 0.25) is 0 Å². The Labute approximate surface area is 139 Å². The molecule has 1 nitrogen and oxygen atoms in total. The van der Waals surface area contributed by atoms with Gasteiger partial charge in [-0.3, -0.25) is 4.48 Å². The van der Waals surface area contributed by atoms with E-state index in [9.17, 15) is 0 Å². The first-order valence-corrected chi connectivity index (χ1v) is 8.07. The lowest BCUT2D eigenvalue weighted by Gasteiger charge is -2.25. The summed E-state index contributed by atoms with van der Waals surface area (Å²) in [5.74, 6) is 0.268. The fraction of sp³-hybridized carbons (Fsp3) is 0.182. The molecule has 0 amide bonds. The van der Waals surface area contributed by atoms with Crippen LogP contribution < -0.4 is 4.48 Å². The first-order chi connectivity index (χ1) is 11.1. The van der Waals surface area contributed by atoms with Crippen molar-refractivity contribution in [2.24, 2.45) is 0 Å². The van der Waals surface area contributed by atoms with Crippen LogP contribution >= 0.6 is 0 Å². The standard InChI is InChI=1S/C22H24N/c1-23(2,3)21-16-10-15-20(17-21)22(18-11-6-4-7-12-18)19-13-8-5-9-14-19/h4-17,22H,1-3H3/q+1. The van der Waals surface area contributed by atoms with Gasteiger partial charge in [-0.25, -0.2) is 0 Å². The molecule has 0 aliphatic heterocycles. The molecule has 0 saturated carbocycles. The van der Waals surface area contributed by atoms with Crippen molar-refractivity contribution in [2.45, 2.75) is 5.92 Å². The molecule has 0 spiro atoms. The summed E-state index contributed by atoms with van der Waals surface area (Å²) >= 11 is 0. The molecule has 0 saturated heterocycles. The number of rotatable bonds is 4. The monoisotopic (exact) mass is 302 g/mol. The van der Waals surface area contributed by atoms with Crippen LogP contribution in [-0.4, -0.2) is 21.1 Å². The zero-order valence-corrected chi connectivity index (χ0v) is 14.1. The molecule has 0 aliphatic rings. The average molecular weight is 302 g/mol. The second-order valence-corrected chi connectivity index (χ2v) is 6.86. The van der Waals surface area contributed by atoms with Crippen LogP contribution in [0.3, 0.4) is 0 Å². The molecular weight excluding hydrogens is 278 g/mol. The minimum atomic E-state index is 0.268. The van der Waals surface area contributed by atoms with Crippen LogP contribution in [0.5, 0.6) is 0 Å². The Kier molecular flexibility index (Phi) is 4.31. The lowest BCUT2D eigenvalue weighted by Crippen LogP contribution is -2.34. The quantitative estimate of drug-likeness (QED) is 0.466. The maximum Gasteiger partial charge on any atom is 0.132 e. The van der Waals surface area contributed by atoms with Crippen LogP contribution in [-0.2, 0) is 0 Å². The van der Waals surface area contributed by atoms with Crippen LogP contribution in [0.4, 0.5) is 5.69 Å². The molecule has 0 aromatic heterocycles. The Morgan fingerprint density at radius 2 is 1.04 bits per heavy atom. The summed E-state index contributed by atoms with van der Waals surface area (Å²) in [7, 11) is 6.62. The molecule has 0 atom stereocenters. The van der Waals surface area contributed by atoms with Crippen molar-refractivity contribution in [3.05, 3.63) is 102 Å². The molecule has 0 unspecified atom stereocenters. The van der Waals surface area contributed by atoms with E-state index in [4.69, 9.17) is 0 Å². The lowest BCUT2D eigenvalue weighted by molar-refractivity contribution is 0.486. The Morgan fingerprint density at radius 3 is 1.52 bits per heavy atom. The van der Waals surface area contributed by atoms with E-state index in [0.717, 1.165) is 4.48 Å². The predicted octanol–water partition coefficient (Wildman–Crippen LogP) is 5.06. The van der Waals surface area contributed by atoms with Gasteiger partial charge < -0.3 is 0 Å². The highest BCUT2D eigenvalue weighted by Gasteiger charge is 2.19. The van der Waals surface area contributed by atoms with Crippen LogP contribution in [0.25, 0.3) is 0 Å². The number of benzene rings is 3. The van der Waals surface area contributed by atoms with Gasteiger partial charge in [0.15, 0.2) is 0 Å². The smallest absolute Gasteiger partial charge is 0.132 e. The summed E-state index contributed by atoms with van der Waals surface area (Å²) in [6.07, 6.45) is 0.